The minimum atomic E-state index is -0.195. The molecule has 1 aliphatic rings. The van der Waals surface area contributed by atoms with E-state index in [0.717, 1.165) is 16.8 Å². The third-order valence-corrected chi connectivity index (χ3v) is 6.61. The van der Waals surface area contributed by atoms with E-state index in [9.17, 15) is 9.90 Å². The smallest absolute Gasteiger partial charge is 0.267 e. The van der Waals surface area contributed by atoms with Gasteiger partial charge in [-0.2, -0.15) is 0 Å². The van der Waals surface area contributed by atoms with Gasteiger partial charge in [-0.1, -0.05) is 54.6 Å². The van der Waals surface area contributed by atoms with E-state index in [4.69, 9.17) is 9.73 Å². The molecule has 0 aromatic heterocycles. The van der Waals surface area contributed by atoms with E-state index < -0.39 is 0 Å². The van der Waals surface area contributed by atoms with Crippen LogP contribution in [0.5, 0.6) is 11.5 Å². The molecule has 1 N–H and O–H groups in total. The van der Waals surface area contributed by atoms with E-state index in [1.807, 2.05) is 86.7 Å². The Hall–Kier alpha value is -3.77. The molecule has 3 aromatic carbocycles. The molecular weight excluding hydrogens is 456 g/mol. The summed E-state index contributed by atoms with van der Waals surface area (Å²) < 4.78 is 5.63. The van der Waals surface area contributed by atoms with E-state index in [0.29, 0.717) is 34.4 Å². The van der Waals surface area contributed by atoms with Crippen molar-refractivity contribution in [3.8, 4) is 11.5 Å². The number of nitrogens with zero attached hydrogens (tertiary/aromatic N) is 2. The molecule has 178 valence electrons. The number of hydrogen-bond acceptors (Lipinski definition) is 5. The molecular formula is C29H28N2O3S. The molecule has 1 atom stereocenters. The predicted octanol–water partition coefficient (Wildman–Crippen LogP) is 6.88. The first kappa shape index (κ1) is 24.4. The maximum atomic E-state index is 13.7. The van der Waals surface area contributed by atoms with Crippen molar-refractivity contribution in [1.29, 1.82) is 0 Å². The van der Waals surface area contributed by atoms with E-state index >= 15 is 0 Å². The van der Waals surface area contributed by atoms with Gasteiger partial charge in [-0.05, 0) is 73.5 Å². The Labute approximate surface area is 210 Å². The highest BCUT2D eigenvalue weighted by Gasteiger charge is 2.37. The van der Waals surface area contributed by atoms with Crippen LogP contribution in [0.3, 0.4) is 0 Å². The number of allylic oxidation sites excluding steroid dienone is 1. The molecule has 0 aliphatic carbocycles. The molecule has 0 radical (unpaired) electrons. The first-order valence-electron chi connectivity index (χ1n) is 11.5. The Bertz CT molecular complexity index is 1270. The van der Waals surface area contributed by atoms with Crippen molar-refractivity contribution in [3.05, 3.63) is 107 Å². The Morgan fingerprint density at radius 3 is 2.46 bits per heavy atom. The van der Waals surface area contributed by atoms with E-state index in [2.05, 4.69) is 6.58 Å². The number of benzene rings is 3. The van der Waals surface area contributed by atoms with Crippen LogP contribution in [0, 0.1) is 0 Å². The first-order valence-corrected chi connectivity index (χ1v) is 12.3. The number of thioether (sulfide) groups is 1. The summed E-state index contributed by atoms with van der Waals surface area (Å²) in [7, 11) is 0. The van der Waals surface area contributed by atoms with Gasteiger partial charge in [0.25, 0.3) is 5.91 Å². The van der Waals surface area contributed by atoms with Gasteiger partial charge in [-0.25, -0.2) is 4.99 Å². The molecule has 0 bridgehead atoms. The number of amides is 1. The number of phenolic OH excluding ortho intramolecular Hbond substituents is 1. The molecule has 35 heavy (non-hydrogen) atoms. The van der Waals surface area contributed by atoms with Gasteiger partial charge >= 0.3 is 0 Å². The SMILES string of the molecule is C=CCc1cc(/C=C2/SC(=Nc3ccccc3)N([C@@H](C)c3ccccc3)C2=O)cc(OCC)c1O. The normalized spacial score (nSPS) is 16.6. The molecule has 0 unspecified atom stereocenters. The van der Waals surface area contributed by atoms with Crippen LogP contribution < -0.4 is 4.74 Å². The molecule has 1 aliphatic heterocycles. The fourth-order valence-corrected chi connectivity index (χ4v) is 4.97. The van der Waals surface area contributed by atoms with E-state index in [1.54, 1.807) is 17.0 Å². The number of carbonyl (C=O) groups is 1. The molecule has 0 saturated carbocycles. The van der Waals surface area contributed by atoms with Crippen LogP contribution in [0.2, 0.25) is 0 Å². The number of amidine groups is 1. The van der Waals surface area contributed by atoms with Gasteiger partial charge in [0.2, 0.25) is 0 Å². The highest BCUT2D eigenvalue weighted by Crippen LogP contribution is 2.40. The predicted molar refractivity (Wildman–Crippen MR) is 144 cm³/mol. The molecule has 5 nitrogen and oxygen atoms in total. The third kappa shape index (κ3) is 5.49. The van der Waals surface area contributed by atoms with Gasteiger partial charge in [0.1, 0.15) is 0 Å². The highest BCUT2D eigenvalue weighted by molar-refractivity contribution is 8.18. The van der Waals surface area contributed by atoms with Crippen molar-refractivity contribution in [1.82, 2.24) is 4.90 Å². The van der Waals surface area contributed by atoms with Gasteiger partial charge in [0, 0.05) is 5.56 Å². The van der Waals surface area contributed by atoms with E-state index in [-0.39, 0.29) is 17.7 Å². The van der Waals surface area contributed by atoms with Crippen LogP contribution in [0.1, 0.15) is 36.6 Å². The van der Waals surface area contributed by atoms with Gasteiger partial charge in [0.05, 0.1) is 23.2 Å². The fourth-order valence-electron chi connectivity index (χ4n) is 3.90. The Morgan fingerprint density at radius 1 is 1.11 bits per heavy atom. The average Bonchev–Trinajstić information content (AvgIpc) is 3.17. The summed E-state index contributed by atoms with van der Waals surface area (Å²) in [6, 6.07) is 23.0. The molecule has 1 amide bonds. The lowest BCUT2D eigenvalue weighted by Crippen LogP contribution is -2.32. The number of aliphatic imine (C=N–C) groups is 1. The second-order valence-electron chi connectivity index (χ2n) is 8.05. The van der Waals surface area contributed by atoms with Crippen LogP contribution >= 0.6 is 11.8 Å². The lowest BCUT2D eigenvalue weighted by atomic mass is 10.0. The monoisotopic (exact) mass is 484 g/mol. The lowest BCUT2D eigenvalue weighted by Gasteiger charge is -2.24. The zero-order valence-corrected chi connectivity index (χ0v) is 20.7. The van der Waals surface area contributed by atoms with Gasteiger partial charge < -0.3 is 9.84 Å². The highest BCUT2D eigenvalue weighted by atomic mass is 32.2. The number of aromatic hydroxyl groups is 1. The number of rotatable bonds is 8. The maximum Gasteiger partial charge on any atom is 0.267 e. The molecule has 1 fully saturated rings. The van der Waals surface area contributed by atoms with Crippen LogP contribution in [0.25, 0.3) is 6.08 Å². The Morgan fingerprint density at radius 2 is 1.80 bits per heavy atom. The van der Waals surface area contributed by atoms with Crippen LogP contribution in [-0.2, 0) is 11.2 Å². The van der Waals surface area contributed by atoms with Gasteiger partial charge in [-0.3, -0.25) is 9.69 Å². The summed E-state index contributed by atoms with van der Waals surface area (Å²) >= 11 is 1.35. The topological polar surface area (TPSA) is 62.1 Å². The average molecular weight is 485 g/mol. The van der Waals surface area contributed by atoms with Crippen LogP contribution in [0.15, 0.2) is 95.3 Å². The fraction of sp³-hybridized carbons (Fsp3) is 0.172. The summed E-state index contributed by atoms with van der Waals surface area (Å²) in [5.41, 5.74) is 3.28. The number of hydrogen-bond donors (Lipinski definition) is 1. The second-order valence-corrected chi connectivity index (χ2v) is 9.06. The summed E-state index contributed by atoms with van der Waals surface area (Å²) in [4.78, 5) is 20.8. The number of phenols is 1. The quantitative estimate of drug-likeness (QED) is 0.279. The lowest BCUT2D eigenvalue weighted by molar-refractivity contribution is -0.123. The zero-order valence-electron chi connectivity index (χ0n) is 19.8. The zero-order chi connectivity index (χ0) is 24.8. The van der Waals surface area contributed by atoms with Crippen molar-refractivity contribution in [2.75, 3.05) is 6.61 Å². The molecule has 6 heteroatoms. The second kappa shape index (κ2) is 11.1. The van der Waals surface area contributed by atoms with Crippen LogP contribution in [0.4, 0.5) is 5.69 Å². The minimum Gasteiger partial charge on any atom is -0.504 e. The van der Waals surface area contributed by atoms with Crippen molar-refractivity contribution in [2.45, 2.75) is 26.3 Å². The van der Waals surface area contributed by atoms with Gasteiger partial charge in [-0.15, -0.1) is 6.58 Å². The molecule has 3 aromatic rings. The summed E-state index contributed by atoms with van der Waals surface area (Å²) in [6.07, 6.45) is 4.05. The number of para-hydroxylation sites is 1. The minimum absolute atomic E-state index is 0.102. The van der Waals surface area contributed by atoms with Gasteiger partial charge in [0.15, 0.2) is 16.7 Å². The molecule has 1 heterocycles. The van der Waals surface area contributed by atoms with Crippen molar-refractivity contribution in [2.24, 2.45) is 4.99 Å². The van der Waals surface area contributed by atoms with Crippen molar-refractivity contribution in [3.63, 3.8) is 0 Å². The van der Waals surface area contributed by atoms with Crippen molar-refractivity contribution < 1.29 is 14.6 Å². The maximum absolute atomic E-state index is 13.7. The first-order chi connectivity index (χ1) is 17.0. The third-order valence-electron chi connectivity index (χ3n) is 5.63. The molecule has 1 saturated heterocycles. The van der Waals surface area contributed by atoms with Crippen molar-refractivity contribution >= 4 is 34.6 Å². The summed E-state index contributed by atoms with van der Waals surface area (Å²) in [5, 5.41) is 11.2. The standard InChI is InChI=1S/C29H28N2O3S/c1-4-12-23-17-21(18-25(27(23)32)34-5-2)19-26-28(33)31(20(3)22-13-8-6-9-14-22)29(35-26)30-24-15-10-7-11-16-24/h4,6-11,13-20,32H,1,5,12H2,2-3H3/b26-19+,30-29?/t20-/m0/s1. The Balaban J connectivity index is 1.77. The van der Waals surface area contributed by atoms with E-state index in [1.165, 1.54) is 11.8 Å². The summed E-state index contributed by atoms with van der Waals surface area (Å²) in [6.45, 7) is 8.07. The van der Waals surface area contributed by atoms with Crippen LogP contribution in [-0.4, -0.2) is 27.7 Å². The number of ether oxygens (including phenoxy) is 1. The Kier molecular flexibility index (Phi) is 7.73. The summed E-state index contributed by atoms with van der Waals surface area (Å²) in [5.74, 6) is 0.379. The largest absolute Gasteiger partial charge is 0.504 e. The molecule has 4 rings (SSSR count). The number of carbonyl (C=O) groups excluding carboxylic acids is 1. The molecule has 0 spiro atoms.